The van der Waals surface area contributed by atoms with Crippen LogP contribution in [0.2, 0.25) is 0 Å². The van der Waals surface area contributed by atoms with Gasteiger partial charge in [0, 0.05) is 76.6 Å². The first-order valence-corrected chi connectivity index (χ1v) is 37.3. The number of carbonyl (C=O) groups excluding carboxylic acids is 9. The summed E-state index contributed by atoms with van der Waals surface area (Å²) in [5.74, 6) is -1.39. The molecule has 0 aliphatic carbocycles. The van der Waals surface area contributed by atoms with Crippen LogP contribution in [0.25, 0.3) is 0 Å². The summed E-state index contributed by atoms with van der Waals surface area (Å²) in [5, 5.41) is 36.6. The van der Waals surface area contributed by atoms with Gasteiger partial charge in [-0.2, -0.15) is 35.4 Å². The van der Waals surface area contributed by atoms with E-state index in [9.17, 15) is 43.2 Å². The molecule has 7 N–H and O–H groups in total. The number of anilines is 8. The van der Waals surface area contributed by atoms with Crippen LogP contribution >= 0.6 is 0 Å². The first kappa shape index (κ1) is 83.1. The topological polar surface area (TPSA) is 339 Å². The summed E-state index contributed by atoms with van der Waals surface area (Å²) in [6, 6.07) is 25.4. The number of aryl methyl sites for hydroxylation is 1. The highest BCUT2D eigenvalue weighted by molar-refractivity contribution is 6.12. The van der Waals surface area contributed by atoms with Crippen LogP contribution in [0, 0.1) is 0 Å². The lowest BCUT2D eigenvalue weighted by Crippen LogP contribution is -2.31. The van der Waals surface area contributed by atoms with Crippen LogP contribution in [0.5, 0.6) is 0 Å². The molecule has 2 unspecified atom stereocenters. The molecule has 2 atom stereocenters. The number of nitrogens with zero attached hydrogens (tertiary/aromatic N) is 11. The Morgan fingerprint density at radius 2 is 0.858 bits per heavy atom. The summed E-state index contributed by atoms with van der Waals surface area (Å²) in [5.41, 5.74) is 6.68. The fraction of sp³-hybridized carbons (Fsp3) is 0.468. The molecule has 0 bridgehead atoms. The van der Waals surface area contributed by atoms with E-state index in [1.54, 1.807) is 78.9 Å². The molecule has 106 heavy (non-hydrogen) atoms. The van der Waals surface area contributed by atoms with Crippen LogP contribution in [0.3, 0.4) is 0 Å². The predicted molar refractivity (Wildman–Crippen MR) is 417 cm³/mol. The molecule has 27 nitrogen and oxygen atoms in total. The Labute approximate surface area is 622 Å². The Balaban J connectivity index is 0.000000298. The number of hydrogen-bond donors (Lipinski definition) is 7. The highest BCUT2D eigenvalue weighted by Gasteiger charge is 2.27. The molecular formula is C79H106N18O9. The second-order valence-corrected chi connectivity index (χ2v) is 26.1. The van der Waals surface area contributed by atoms with Crippen LogP contribution in [-0.2, 0) is 48.0 Å². The lowest BCUT2D eigenvalue weighted by molar-refractivity contribution is -0.127. The molecule has 3 heterocycles. The number of amides is 5. The van der Waals surface area contributed by atoms with Crippen molar-refractivity contribution >= 4 is 110 Å². The number of rotatable bonds is 44. The van der Waals surface area contributed by atoms with Gasteiger partial charge < -0.3 is 56.8 Å². The monoisotopic (exact) mass is 1450 g/mol. The zero-order valence-electron chi connectivity index (χ0n) is 63.2. The predicted octanol–water partition coefficient (Wildman–Crippen LogP) is 13.1. The summed E-state index contributed by atoms with van der Waals surface area (Å²) < 4.78 is 0. The highest BCUT2D eigenvalue weighted by Crippen LogP contribution is 2.30. The molecule has 5 amide bonds. The number of Topliss-reactive ketones (excluding diaryl/α,β-unsaturated/α-hetero) is 4. The van der Waals surface area contributed by atoms with Crippen LogP contribution in [0.4, 0.5) is 57.4 Å². The summed E-state index contributed by atoms with van der Waals surface area (Å²) in [6.07, 6.45) is 8.23. The largest absolute Gasteiger partial charge is 0.354 e. The molecule has 1 aromatic heterocycles. The van der Waals surface area contributed by atoms with Crippen molar-refractivity contribution in [1.82, 2.24) is 34.6 Å². The van der Waals surface area contributed by atoms with Crippen molar-refractivity contribution in [3.8, 4) is 0 Å². The molecule has 5 aromatic carbocycles. The summed E-state index contributed by atoms with van der Waals surface area (Å²) >= 11 is 0. The minimum absolute atomic E-state index is 0.0794. The Bertz CT molecular complexity index is 3930. The second kappa shape index (κ2) is 43.3. The number of benzene rings is 5. The minimum Gasteiger partial charge on any atom is -0.354 e. The van der Waals surface area contributed by atoms with Gasteiger partial charge in [0.05, 0.1) is 24.2 Å². The summed E-state index contributed by atoms with van der Waals surface area (Å²) in [6.45, 7) is 32.3. The molecule has 566 valence electrons. The van der Waals surface area contributed by atoms with Crippen molar-refractivity contribution < 1.29 is 43.2 Å². The fourth-order valence-electron chi connectivity index (χ4n) is 12.0. The number of carbonyl (C=O) groups is 9. The van der Waals surface area contributed by atoms with Gasteiger partial charge >= 0.3 is 0 Å². The van der Waals surface area contributed by atoms with Gasteiger partial charge in [0.1, 0.15) is 5.82 Å². The van der Waals surface area contributed by atoms with E-state index in [0.29, 0.717) is 82.1 Å². The molecule has 0 fully saturated rings. The van der Waals surface area contributed by atoms with Gasteiger partial charge in [0.25, 0.3) is 17.7 Å². The Morgan fingerprint density at radius 3 is 1.30 bits per heavy atom. The number of nitrogens with one attached hydrogen (secondary N) is 7. The second-order valence-electron chi connectivity index (χ2n) is 26.1. The molecule has 6 aromatic rings. The Hall–Kier alpha value is -10.2. The third-order valence-corrected chi connectivity index (χ3v) is 18.5. The Kier molecular flexibility index (Phi) is 33.9. The van der Waals surface area contributed by atoms with Crippen molar-refractivity contribution in [2.75, 3.05) is 122 Å². The molecule has 0 saturated carbocycles. The van der Waals surface area contributed by atoms with Gasteiger partial charge in [-0.1, -0.05) is 67.5 Å². The van der Waals surface area contributed by atoms with E-state index >= 15 is 0 Å². The van der Waals surface area contributed by atoms with E-state index in [1.165, 1.54) is 38.1 Å². The van der Waals surface area contributed by atoms with E-state index < -0.39 is 41.4 Å². The average molecular weight is 1450 g/mol. The van der Waals surface area contributed by atoms with E-state index in [0.717, 1.165) is 159 Å². The zero-order chi connectivity index (χ0) is 76.5. The van der Waals surface area contributed by atoms with Gasteiger partial charge in [-0.3, -0.25) is 43.2 Å². The van der Waals surface area contributed by atoms with Gasteiger partial charge in [0.2, 0.25) is 35.8 Å². The molecule has 8 rings (SSSR count). The number of azo groups is 2. The molecular weight excluding hydrogens is 1340 g/mol. The standard InChI is InChI=1S/C43H55N7O6.C36H51N11O3/c1-6-49(7-2)22-12-10-14-38(52)32-24-33(39(53)15-11-13-23-50(8-3)9-4)26-36(25-32)45-42(55)30-16-19-34(20-17-30)47-48-41(29(5)51)43(56)44-35-21-18-31-27-40(54)46-37(31)28-35;1-6-46(7-2)21-11-10-13-31-41-35(37-20-12-22-47(8-3)9-4)43-36(42-31)39-27-16-18-28(19-17-27)44-45-33(25(5)48)34(50)38-29-15-14-26-23-32(49)40-30(26)24-29/h16-21,24-26,28,41H,6-15,22-23,27H2,1-5H3,(H,44,56)(H,45,55)(H,46,54);14-19,24,33H,6-13,20-23H2,1-5H3,(H,38,50)(H,40,49)(H2,37,39,41,42,43). The molecule has 27 heteroatoms. The Morgan fingerprint density at radius 1 is 0.443 bits per heavy atom. The lowest BCUT2D eigenvalue weighted by Gasteiger charge is -2.18. The fourth-order valence-corrected chi connectivity index (χ4v) is 12.0. The first-order valence-electron chi connectivity index (χ1n) is 37.3. The molecule has 2 aliphatic heterocycles. The lowest BCUT2D eigenvalue weighted by atomic mass is 9.98. The van der Waals surface area contributed by atoms with E-state index in [-0.39, 0.29) is 35.4 Å². The number of fused-ring (bicyclic) bond motifs is 2. The van der Waals surface area contributed by atoms with Crippen molar-refractivity contribution in [3.05, 3.63) is 137 Å². The maximum Gasteiger partial charge on any atom is 0.258 e. The van der Waals surface area contributed by atoms with Crippen molar-refractivity contribution in [3.63, 3.8) is 0 Å². The molecule has 0 radical (unpaired) electrons. The smallest absolute Gasteiger partial charge is 0.258 e. The summed E-state index contributed by atoms with van der Waals surface area (Å²) in [4.78, 5) is 137. The number of ketones is 4. The molecule has 2 aliphatic rings. The van der Waals surface area contributed by atoms with Gasteiger partial charge in [-0.25, -0.2) is 0 Å². The average Bonchev–Trinajstić information content (AvgIpc) is 1.59. The van der Waals surface area contributed by atoms with Crippen molar-refractivity contribution in [2.45, 2.75) is 158 Å². The highest BCUT2D eigenvalue weighted by atomic mass is 16.2. The van der Waals surface area contributed by atoms with Crippen LogP contribution in [-0.4, -0.2) is 184 Å². The third kappa shape index (κ3) is 26.7. The quantitative estimate of drug-likeness (QED) is 0.00808. The van der Waals surface area contributed by atoms with Gasteiger partial charge in [-0.05, 0) is 239 Å². The van der Waals surface area contributed by atoms with Gasteiger partial charge in [0.15, 0.2) is 23.1 Å². The maximum atomic E-state index is 13.4. The normalized spacial score (nSPS) is 12.9. The number of aromatic nitrogens is 3. The van der Waals surface area contributed by atoms with Crippen molar-refractivity contribution in [1.29, 1.82) is 0 Å². The first-order chi connectivity index (χ1) is 51.1. The zero-order valence-corrected chi connectivity index (χ0v) is 63.2. The van der Waals surface area contributed by atoms with E-state index in [1.807, 2.05) is 0 Å². The third-order valence-electron chi connectivity index (χ3n) is 18.5. The number of hydrogen-bond acceptors (Lipinski definition) is 22. The maximum absolute atomic E-state index is 13.4. The minimum atomic E-state index is -1.42. The van der Waals surface area contributed by atoms with Crippen LogP contribution in [0.15, 0.2) is 124 Å². The summed E-state index contributed by atoms with van der Waals surface area (Å²) in [7, 11) is 0. The number of unbranched alkanes of at least 4 members (excludes halogenated alkanes) is 3. The van der Waals surface area contributed by atoms with E-state index in [2.05, 4.69) is 138 Å². The SMILES string of the molecule is CCN(CC)CCCCC(=O)c1cc(NC(=O)c2ccc(N=NC(C(C)=O)C(=O)Nc3ccc4c(c3)NC(=O)C4)cc2)cc(C(=O)CCCCN(CC)CC)c1.CCN(CC)CCCCc1nc(NCCCN(CC)CC)nc(Nc2ccc(N=NC(C(C)=O)C(=O)Nc3ccc4c(c3)NC(=O)C4)cc2)n1. The molecule has 0 saturated heterocycles. The van der Waals surface area contributed by atoms with Crippen molar-refractivity contribution in [2.24, 2.45) is 20.5 Å². The van der Waals surface area contributed by atoms with E-state index in [4.69, 9.17) is 9.97 Å². The van der Waals surface area contributed by atoms with Crippen LogP contribution < -0.4 is 37.2 Å². The van der Waals surface area contributed by atoms with Gasteiger partial charge in [-0.15, -0.1) is 0 Å². The van der Waals surface area contributed by atoms with Crippen LogP contribution in [0.1, 0.15) is 175 Å². The molecule has 0 spiro atoms.